The maximum atomic E-state index is 12.7. The molecule has 2 aromatic carbocycles. The van der Waals surface area contributed by atoms with Crippen LogP contribution >= 0.6 is 11.5 Å². The van der Waals surface area contributed by atoms with Crippen molar-refractivity contribution in [1.29, 1.82) is 0 Å². The maximum Gasteiger partial charge on any atom is 0.323 e. The minimum absolute atomic E-state index is 0.119. The van der Waals surface area contributed by atoms with E-state index in [2.05, 4.69) is 9.69 Å². The number of benzene rings is 2. The molecule has 0 bridgehead atoms. The van der Waals surface area contributed by atoms with E-state index in [9.17, 15) is 4.79 Å². The number of aromatic nitrogens is 1. The van der Waals surface area contributed by atoms with Crippen LogP contribution in [-0.2, 0) is 13.1 Å². The number of hydrogen-bond acceptors (Lipinski definition) is 3. The van der Waals surface area contributed by atoms with E-state index in [0.717, 1.165) is 21.8 Å². The van der Waals surface area contributed by atoms with Crippen molar-refractivity contribution < 1.29 is 4.79 Å². The second-order valence-electron chi connectivity index (χ2n) is 5.59. The molecule has 0 fully saturated rings. The lowest BCUT2D eigenvalue weighted by atomic mass is 10.2. The zero-order chi connectivity index (χ0) is 16.8. The molecule has 0 aliphatic rings. The van der Waals surface area contributed by atoms with Crippen LogP contribution in [0.4, 0.5) is 9.80 Å². The third-order valence-electron chi connectivity index (χ3n) is 3.58. The molecule has 0 saturated carbocycles. The number of hydrogen-bond donors (Lipinski definition) is 1. The molecule has 1 N–H and O–H groups in total. The second-order valence-corrected chi connectivity index (χ2v) is 6.39. The Morgan fingerprint density at radius 1 is 1.00 bits per heavy atom. The monoisotopic (exact) mass is 337 g/mol. The quantitative estimate of drug-likeness (QED) is 0.734. The second kappa shape index (κ2) is 7.75. The van der Waals surface area contributed by atoms with Crippen LogP contribution in [0.5, 0.6) is 0 Å². The molecule has 5 heteroatoms. The summed E-state index contributed by atoms with van der Waals surface area (Å²) in [6.07, 6.45) is 0. The van der Waals surface area contributed by atoms with Gasteiger partial charge in [0.1, 0.15) is 5.00 Å². The van der Waals surface area contributed by atoms with Crippen molar-refractivity contribution in [3.8, 4) is 0 Å². The highest BCUT2D eigenvalue weighted by Crippen LogP contribution is 2.18. The van der Waals surface area contributed by atoms with Crippen LogP contribution in [0, 0.1) is 6.92 Å². The molecule has 4 nitrogen and oxygen atoms in total. The number of aryl methyl sites for hydroxylation is 1. The topological polar surface area (TPSA) is 45.2 Å². The first kappa shape index (κ1) is 16.2. The molecule has 0 aliphatic carbocycles. The van der Waals surface area contributed by atoms with E-state index in [-0.39, 0.29) is 6.03 Å². The summed E-state index contributed by atoms with van der Waals surface area (Å²) in [6.45, 7) is 3.02. The highest BCUT2D eigenvalue weighted by Gasteiger charge is 2.15. The molecule has 3 rings (SSSR count). The van der Waals surface area contributed by atoms with E-state index in [1.807, 2.05) is 73.7 Å². The van der Waals surface area contributed by atoms with Crippen LogP contribution in [-0.4, -0.2) is 15.3 Å². The third kappa shape index (κ3) is 4.43. The van der Waals surface area contributed by atoms with Crippen LogP contribution in [0.15, 0.2) is 66.7 Å². The van der Waals surface area contributed by atoms with Gasteiger partial charge in [-0.25, -0.2) is 4.79 Å². The lowest BCUT2D eigenvalue weighted by Crippen LogP contribution is -2.33. The minimum Gasteiger partial charge on any atom is -0.316 e. The first-order chi connectivity index (χ1) is 11.7. The smallest absolute Gasteiger partial charge is 0.316 e. The number of anilines is 1. The molecule has 0 unspecified atom stereocenters. The Balaban J connectivity index is 1.76. The van der Waals surface area contributed by atoms with Gasteiger partial charge in [0, 0.05) is 13.1 Å². The SMILES string of the molecule is Cc1cc(NC(=O)N(Cc2ccccc2)Cc2ccccc2)sn1. The summed E-state index contributed by atoms with van der Waals surface area (Å²) in [7, 11) is 0. The minimum atomic E-state index is -0.119. The Morgan fingerprint density at radius 2 is 1.54 bits per heavy atom. The molecule has 0 spiro atoms. The molecule has 1 aromatic heterocycles. The Bertz CT molecular complexity index is 745. The maximum absolute atomic E-state index is 12.7. The van der Waals surface area contributed by atoms with Gasteiger partial charge in [0.15, 0.2) is 0 Å². The number of carbonyl (C=O) groups is 1. The van der Waals surface area contributed by atoms with Crippen molar-refractivity contribution >= 4 is 22.6 Å². The van der Waals surface area contributed by atoms with Gasteiger partial charge in [0.25, 0.3) is 0 Å². The van der Waals surface area contributed by atoms with Gasteiger partial charge in [-0.15, -0.1) is 0 Å². The molecule has 0 aliphatic heterocycles. The summed E-state index contributed by atoms with van der Waals surface area (Å²) in [5.41, 5.74) is 3.11. The summed E-state index contributed by atoms with van der Waals surface area (Å²) in [4.78, 5) is 14.5. The van der Waals surface area contributed by atoms with Crippen molar-refractivity contribution in [1.82, 2.24) is 9.27 Å². The number of nitrogens with zero attached hydrogens (tertiary/aromatic N) is 2. The van der Waals surface area contributed by atoms with Crippen molar-refractivity contribution in [3.63, 3.8) is 0 Å². The van der Waals surface area contributed by atoms with Gasteiger partial charge in [-0.3, -0.25) is 5.32 Å². The van der Waals surface area contributed by atoms with E-state index in [0.29, 0.717) is 13.1 Å². The van der Waals surface area contributed by atoms with Gasteiger partial charge in [0.2, 0.25) is 0 Å². The first-order valence-corrected chi connectivity index (χ1v) is 8.55. The predicted molar refractivity (Wildman–Crippen MR) is 98.0 cm³/mol. The summed E-state index contributed by atoms with van der Waals surface area (Å²) < 4.78 is 4.21. The van der Waals surface area contributed by atoms with E-state index in [4.69, 9.17) is 0 Å². The fraction of sp³-hybridized carbons (Fsp3) is 0.158. The Hall–Kier alpha value is -2.66. The van der Waals surface area contributed by atoms with Gasteiger partial charge in [-0.1, -0.05) is 60.7 Å². The van der Waals surface area contributed by atoms with Crippen LogP contribution in [0.1, 0.15) is 16.8 Å². The molecule has 0 atom stereocenters. The van der Waals surface area contributed by atoms with Crippen molar-refractivity contribution in [2.75, 3.05) is 5.32 Å². The predicted octanol–water partition coefficient (Wildman–Crippen LogP) is 4.69. The lowest BCUT2D eigenvalue weighted by molar-refractivity contribution is 0.206. The Labute approximate surface area is 145 Å². The van der Waals surface area contributed by atoms with Gasteiger partial charge in [0.05, 0.1) is 5.69 Å². The van der Waals surface area contributed by atoms with E-state index in [1.165, 1.54) is 11.5 Å². The normalized spacial score (nSPS) is 10.4. The number of carbonyl (C=O) groups excluding carboxylic acids is 1. The Kier molecular flexibility index (Phi) is 5.23. The van der Waals surface area contributed by atoms with Crippen molar-refractivity contribution in [2.24, 2.45) is 0 Å². The number of urea groups is 1. The summed E-state index contributed by atoms with van der Waals surface area (Å²) >= 11 is 1.30. The van der Waals surface area contributed by atoms with Crippen LogP contribution in [0.2, 0.25) is 0 Å². The third-order valence-corrected chi connectivity index (χ3v) is 4.37. The average Bonchev–Trinajstić information content (AvgIpc) is 3.01. The standard InChI is InChI=1S/C19H19N3OS/c1-15-12-18(24-21-15)20-19(23)22(13-16-8-4-2-5-9-16)14-17-10-6-3-7-11-17/h2-12H,13-14H2,1H3,(H,20,23). The summed E-state index contributed by atoms with van der Waals surface area (Å²) in [5, 5.41) is 3.71. The van der Waals surface area contributed by atoms with Gasteiger partial charge in [-0.05, 0) is 35.6 Å². The zero-order valence-corrected chi connectivity index (χ0v) is 14.3. The molecule has 0 radical (unpaired) electrons. The highest BCUT2D eigenvalue weighted by molar-refractivity contribution is 7.10. The largest absolute Gasteiger partial charge is 0.323 e. The molecule has 0 saturated heterocycles. The average molecular weight is 337 g/mol. The van der Waals surface area contributed by atoms with E-state index in [1.54, 1.807) is 4.90 Å². The van der Waals surface area contributed by atoms with Crippen molar-refractivity contribution in [3.05, 3.63) is 83.6 Å². The van der Waals surface area contributed by atoms with Gasteiger partial charge >= 0.3 is 6.03 Å². The lowest BCUT2D eigenvalue weighted by Gasteiger charge is -2.23. The van der Waals surface area contributed by atoms with Crippen LogP contribution in [0.3, 0.4) is 0 Å². The fourth-order valence-corrected chi connectivity index (χ4v) is 3.07. The highest BCUT2D eigenvalue weighted by atomic mass is 32.1. The molecule has 122 valence electrons. The molecule has 1 heterocycles. The number of amides is 2. The summed E-state index contributed by atoms with van der Waals surface area (Å²) in [6, 6.07) is 21.8. The number of rotatable bonds is 5. The molecule has 24 heavy (non-hydrogen) atoms. The first-order valence-electron chi connectivity index (χ1n) is 7.78. The molecule has 3 aromatic rings. The molecule has 2 amide bonds. The van der Waals surface area contributed by atoms with Crippen molar-refractivity contribution in [2.45, 2.75) is 20.0 Å². The van der Waals surface area contributed by atoms with Crippen LogP contribution < -0.4 is 5.32 Å². The van der Waals surface area contributed by atoms with Gasteiger partial charge in [-0.2, -0.15) is 4.37 Å². The van der Waals surface area contributed by atoms with E-state index < -0.39 is 0 Å². The fourth-order valence-electron chi connectivity index (χ4n) is 2.41. The zero-order valence-electron chi connectivity index (χ0n) is 13.5. The molecular weight excluding hydrogens is 318 g/mol. The van der Waals surface area contributed by atoms with Crippen LogP contribution in [0.25, 0.3) is 0 Å². The number of nitrogens with one attached hydrogen (secondary N) is 1. The summed E-state index contributed by atoms with van der Waals surface area (Å²) in [5.74, 6) is 0. The van der Waals surface area contributed by atoms with E-state index >= 15 is 0 Å². The van der Waals surface area contributed by atoms with Gasteiger partial charge < -0.3 is 4.90 Å². The Morgan fingerprint density at radius 3 is 2.00 bits per heavy atom. The molecular formula is C19H19N3OS.